The molecule has 2 N–H and O–H groups in total. The van der Waals surface area contributed by atoms with Gasteiger partial charge in [0, 0.05) is 0 Å². The molecule has 0 aromatic rings. The van der Waals surface area contributed by atoms with Crippen molar-refractivity contribution in [2.24, 2.45) is 0 Å². The Bertz CT molecular complexity index is 299. The summed E-state index contributed by atoms with van der Waals surface area (Å²) in [6.07, 6.45) is -0.487. The normalized spacial score (nSPS) is 12.1. The van der Waals surface area contributed by atoms with E-state index in [-0.39, 0.29) is 12.8 Å². The lowest BCUT2D eigenvalue weighted by atomic mass is 10.3. The predicted octanol–water partition coefficient (Wildman–Crippen LogP) is 0.0532. The van der Waals surface area contributed by atoms with Crippen molar-refractivity contribution in [1.29, 1.82) is 0 Å². The third kappa shape index (κ3) is 5.45. The van der Waals surface area contributed by atoms with Gasteiger partial charge in [0.05, 0.1) is 0 Å². The predicted molar refractivity (Wildman–Crippen MR) is 51.7 cm³/mol. The van der Waals surface area contributed by atoms with E-state index < -0.39 is 26.3 Å². The summed E-state index contributed by atoms with van der Waals surface area (Å²) >= 11 is 0. The molecule has 0 aromatic carbocycles. The van der Waals surface area contributed by atoms with Crippen LogP contribution in [0.1, 0.15) is 27.2 Å². The van der Waals surface area contributed by atoms with Gasteiger partial charge < -0.3 is 0 Å². The number of carbonyl (C=O) groups excluding carboxylic acids is 2. The summed E-state index contributed by atoms with van der Waals surface area (Å²) in [4.78, 5) is 20.7. The van der Waals surface area contributed by atoms with Gasteiger partial charge in [0.2, 0.25) is 6.41 Å². The number of amides is 2. The average molecular weight is 241 g/mol. The fraction of sp³-hybridized carbons (Fsp3) is 0.714. The van der Waals surface area contributed by atoms with Gasteiger partial charge in [-0.15, -0.1) is 0 Å². The highest BCUT2D eigenvalue weighted by atomic mass is 32.2. The molecule has 0 saturated heterocycles. The van der Waals surface area contributed by atoms with Crippen molar-refractivity contribution in [2.75, 3.05) is 0 Å². The Hall–Kier alpha value is -0.990. The Kier molecular flexibility index (Phi) is 8.02. The molecule has 90 valence electrons. The first-order chi connectivity index (χ1) is 6.84. The number of carbonyl (C=O) groups is 2. The van der Waals surface area contributed by atoms with Crippen molar-refractivity contribution in [1.82, 2.24) is 5.06 Å². The molecule has 0 aliphatic carbocycles. The number of nitrogens with zero attached hydrogens (tertiary/aromatic N) is 1. The topological polar surface area (TPSA) is 112 Å². The van der Waals surface area contributed by atoms with E-state index in [1.54, 1.807) is 0 Å². The van der Waals surface area contributed by atoms with E-state index in [0.717, 1.165) is 0 Å². The SMILES string of the molecule is CC.CCC(C(=O)N(O)C=O)S(=O)(=O)O. The van der Waals surface area contributed by atoms with Gasteiger partial charge in [0.25, 0.3) is 16.0 Å². The lowest BCUT2D eigenvalue weighted by Gasteiger charge is -2.12. The van der Waals surface area contributed by atoms with E-state index >= 15 is 0 Å². The quantitative estimate of drug-likeness (QED) is 0.311. The minimum absolute atomic E-state index is 0.234. The monoisotopic (exact) mass is 241 g/mol. The van der Waals surface area contributed by atoms with Gasteiger partial charge in [-0.25, -0.2) is 0 Å². The minimum Gasteiger partial charge on any atom is -0.285 e. The highest BCUT2D eigenvalue weighted by Crippen LogP contribution is 2.06. The standard InChI is InChI=1S/C5H9NO6S.C2H6/c1-2-4(13(10,11)12)5(8)6(9)3-7;1-2/h3-4,9H,2H2,1H3,(H,10,11,12);1-2H3. The fourth-order valence-electron chi connectivity index (χ4n) is 0.712. The summed E-state index contributed by atoms with van der Waals surface area (Å²) in [5.41, 5.74) is 0. The summed E-state index contributed by atoms with van der Waals surface area (Å²) in [6, 6.07) is 0. The third-order valence-electron chi connectivity index (χ3n) is 1.33. The molecule has 0 aromatic heterocycles. The van der Waals surface area contributed by atoms with E-state index in [9.17, 15) is 18.0 Å². The molecule has 1 unspecified atom stereocenters. The second-order valence-corrected chi connectivity index (χ2v) is 3.80. The maximum Gasteiger partial charge on any atom is 0.277 e. The molecule has 0 aliphatic rings. The smallest absolute Gasteiger partial charge is 0.277 e. The second-order valence-electron chi connectivity index (χ2n) is 2.20. The Morgan fingerprint density at radius 3 is 2.07 bits per heavy atom. The van der Waals surface area contributed by atoms with Crippen LogP contribution in [0, 0.1) is 0 Å². The van der Waals surface area contributed by atoms with Gasteiger partial charge in [0.1, 0.15) is 0 Å². The molecule has 2 amide bonds. The van der Waals surface area contributed by atoms with Crippen molar-refractivity contribution in [3.8, 4) is 0 Å². The first-order valence-corrected chi connectivity index (χ1v) is 5.78. The number of hydrogen-bond donors (Lipinski definition) is 2. The minimum atomic E-state index is -4.58. The van der Waals surface area contributed by atoms with Gasteiger partial charge in [-0.3, -0.25) is 19.3 Å². The fourth-order valence-corrected chi connectivity index (χ4v) is 1.50. The van der Waals surface area contributed by atoms with E-state index in [4.69, 9.17) is 9.76 Å². The van der Waals surface area contributed by atoms with Crippen LogP contribution in [0.5, 0.6) is 0 Å². The summed E-state index contributed by atoms with van der Waals surface area (Å²) < 4.78 is 29.5. The van der Waals surface area contributed by atoms with E-state index in [0.29, 0.717) is 0 Å². The van der Waals surface area contributed by atoms with Crippen molar-refractivity contribution >= 4 is 22.4 Å². The van der Waals surface area contributed by atoms with Crippen LogP contribution in [-0.2, 0) is 19.7 Å². The first kappa shape index (κ1) is 16.4. The van der Waals surface area contributed by atoms with Gasteiger partial charge in [-0.2, -0.15) is 13.5 Å². The molecule has 7 nitrogen and oxygen atoms in total. The number of hydroxylamine groups is 2. The molecule has 0 saturated carbocycles. The number of imide groups is 1. The summed E-state index contributed by atoms with van der Waals surface area (Å²) in [7, 11) is -4.58. The molecule has 0 heterocycles. The van der Waals surface area contributed by atoms with Crippen LogP contribution in [0.3, 0.4) is 0 Å². The van der Waals surface area contributed by atoms with Crippen LogP contribution in [-0.4, -0.2) is 40.8 Å². The molecular weight excluding hydrogens is 226 g/mol. The van der Waals surface area contributed by atoms with Gasteiger partial charge in [0.15, 0.2) is 5.25 Å². The molecule has 0 aliphatic heterocycles. The third-order valence-corrected chi connectivity index (χ3v) is 2.59. The van der Waals surface area contributed by atoms with Crippen LogP contribution >= 0.6 is 0 Å². The largest absolute Gasteiger partial charge is 0.285 e. The van der Waals surface area contributed by atoms with Crippen LogP contribution in [0.25, 0.3) is 0 Å². The first-order valence-electron chi connectivity index (χ1n) is 4.28. The van der Waals surface area contributed by atoms with E-state index in [1.165, 1.54) is 6.92 Å². The maximum atomic E-state index is 10.9. The van der Waals surface area contributed by atoms with Gasteiger partial charge in [-0.1, -0.05) is 20.8 Å². The summed E-state index contributed by atoms with van der Waals surface area (Å²) in [5, 5.41) is 6.31. The van der Waals surface area contributed by atoms with Crippen LogP contribution < -0.4 is 0 Å². The molecular formula is C7H15NO6S. The lowest BCUT2D eigenvalue weighted by molar-refractivity contribution is -0.169. The molecule has 0 radical (unpaired) electrons. The number of hydrogen-bond acceptors (Lipinski definition) is 5. The van der Waals surface area contributed by atoms with Crippen molar-refractivity contribution in [3.05, 3.63) is 0 Å². The van der Waals surface area contributed by atoms with Crippen molar-refractivity contribution in [2.45, 2.75) is 32.4 Å². The molecule has 8 heteroatoms. The Morgan fingerprint density at radius 2 is 1.87 bits per heavy atom. The molecule has 0 bridgehead atoms. The molecule has 0 rings (SSSR count). The second kappa shape index (κ2) is 7.32. The highest BCUT2D eigenvalue weighted by molar-refractivity contribution is 7.87. The molecule has 0 spiro atoms. The lowest BCUT2D eigenvalue weighted by Crippen LogP contribution is -2.40. The van der Waals surface area contributed by atoms with Gasteiger partial charge >= 0.3 is 0 Å². The van der Waals surface area contributed by atoms with E-state index in [1.807, 2.05) is 13.8 Å². The van der Waals surface area contributed by atoms with Crippen LogP contribution in [0.15, 0.2) is 0 Å². The Balaban J connectivity index is 0. The Morgan fingerprint density at radius 1 is 1.47 bits per heavy atom. The van der Waals surface area contributed by atoms with Crippen LogP contribution in [0.4, 0.5) is 0 Å². The number of rotatable bonds is 4. The molecule has 0 fully saturated rings. The zero-order valence-electron chi connectivity index (χ0n) is 8.74. The summed E-state index contributed by atoms with van der Waals surface area (Å²) in [5.74, 6) is -1.37. The van der Waals surface area contributed by atoms with Crippen molar-refractivity contribution < 1.29 is 27.8 Å². The average Bonchev–Trinajstić information content (AvgIpc) is 2.18. The van der Waals surface area contributed by atoms with Gasteiger partial charge in [-0.05, 0) is 6.42 Å². The summed E-state index contributed by atoms with van der Waals surface area (Å²) in [6.45, 7) is 5.31. The van der Waals surface area contributed by atoms with Crippen LogP contribution in [0.2, 0.25) is 0 Å². The molecule has 15 heavy (non-hydrogen) atoms. The van der Waals surface area contributed by atoms with E-state index in [2.05, 4.69) is 0 Å². The van der Waals surface area contributed by atoms with Crippen molar-refractivity contribution in [3.63, 3.8) is 0 Å². The highest BCUT2D eigenvalue weighted by Gasteiger charge is 2.32. The Labute approximate surface area is 88.4 Å². The zero-order valence-corrected chi connectivity index (χ0v) is 9.56. The molecule has 1 atom stereocenters. The zero-order chi connectivity index (χ0) is 12.6. The maximum absolute atomic E-state index is 10.9.